The predicted octanol–water partition coefficient (Wildman–Crippen LogP) is -0.0693. The Labute approximate surface area is 95.6 Å². The van der Waals surface area contributed by atoms with Crippen molar-refractivity contribution in [2.75, 3.05) is 0 Å². The number of piperidine rings is 1. The van der Waals surface area contributed by atoms with Gasteiger partial charge >= 0.3 is 0 Å². The normalized spacial score (nSPS) is 25.8. The number of nitrogens with one attached hydrogen (secondary N) is 2. The number of imide groups is 1. The molecule has 1 heterocycles. The highest BCUT2D eigenvalue weighted by Crippen LogP contribution is 2.35. The zero-order valence-electron chi connectivity index (χ0n) is 10.3. The smallest absolute Gasteiger partial charge is 0.258 e. The van der Waals surface area contributed by atoms with Crippen LogP contribution in [0.15, 0.2) is 0 Å². The first kappa shape index (κ1) is 13.1. The van der Waals surface area contributed by atoms with Crippen molar-refractivity contribution in [3.63, 3.8) is 0 Å². The molecule has 92 valence electrons. The molecule has 5 nitrogen and oxygen atoms in total. The van der Waals surface area contributed by atoms with Crippen LogP contribution in [0.4, 0.5) is 0 Å². The molecule has 1 aliphatic rings. The highest BCUT2D eigenvalue weighted by atomic mass is 16.3. The average Bonchev–Trinajstić information content (AvgIpc) is 1.97. The maximum absolute atomic E-state index is 11.7. The molecule has 16 heavy (non-hydrogen) atoms. The first-order valence-corrected chi connectivity index (χ1v) is 5.37. The monoisotopic (exact) mass is 228 g/mol. The summed E-state index contributed by atoms with van der Waals surface area (Å²) in [5.74, 6) is -0.620. The third-order valence-corrected chi connectivity index (χ3v) is 2.76. The fourth-order valence-corrected chi connectivity index (χ4v) is 2.88. The molecular formula is C11H20N2O3. The molecule has 3 N–H and O–H groups in total. The predicted molar refractivity (Wildman–Crippen MR) is 59.7 cm³/mol. The van der Waals surface area contributed by atoms with Gasteiger partial charge in [0.1, 0.15) is 5.60 Å². The molecule has 0 atom stereocenters. The third-order valence-electron chi connectivity index (χ3n) is 2.76. The molecule has 1 saturated heterocycles. The Kier molecular flexibility index (Phi) is 3.13. The van der Waals surface area contributed by atoms with E-state index in [1.165, 1.54) is 0 Å². The first-order valence-electron chi connectivity index (χ1n) is 5.37. The molecule has 0 radical (unpaired) electrons. The van der Waals surface area contributed by atoms with Gasteiger partial charge in [-0.3, -0.25) is 14.9 Å². The molecule has 0 unspecified atom stereocenters. The van der Waals surface area contributed by atoms with Crippen molar-refractivity contribution >= 4 is 12.3 Å². The summed E-state index contributed by atoms with van der Waals surface area (Å²) in [5, 5.41) is 15.7. The SMILES string of the molecule is CC1(C)CC(O)(C(=O)NC=O)CC(C)(C)N1. The van der Waals surface area contributed by atoms with Crippen molar-refractivity contribution in [1.29, 1.82) is 0 Å². The van der Waals surface area contributed by atoms with E-state index >= 15 is 0 Å². The second-order valence-corrected chi connectivity index (χ2v) is 5.87. The fourth-order valence-electron chi connectivity index (χ4n) is 2.88. The molecular weight excluding hydrogens is 208 g/mol. The minimum Gasteiger partial charge on any atom is -0.380 e. The summed E-state index contributed by atoms with van der Waals surface area (Å²) in [6, 6.07) is 0. The van der Waals surface area contributed by atoms with Crippen molar-refractivity contribution in [2.24, 2.45) is 0 Å². The van der Waals surface area contributed by atoms with E-state index in [-0.39, 0.29) is 23.9 Å². The summed E-state index contributed by atoms with van der Waals surface area (Å²) in [4.78, 5) is 21.9. The van der Waals surface area contributed by atoms with E-state index in [2.05, 4.69) is 5.32 Å². The Bertz CT molecular complexity index is 294. The van der Waals surface area contributed by atoms with E-state index in [4.69, 9.17) is 0 Å². The molecule has 0 aromatic rings. The van der Waals surface area contributed by atoms with Gasteiger partial charge in [0.25, 0.3) is 5.91 Å². The number of carbonyl (C=O) groups is 2. The van der Waals surface area contributed by atoms with Gasteiger partial charge in [-0.15, -0.1) is 0 Å². The van der Waals surface area contributed by atoms with Gasteiger partial charge in [0, 0.05) is 23.9 Å². The van der Waals surface area contributed by atoms with Crippen molar-refractivity contribution in [2.45, 2.75) is 57.2 Å². The maximum atomic E-state index is 11.7. The molecule has 1 rings (SSSR count). The lowest BCUT2D eigenvalue weighted by molar-refractivity contribution is -0.150. The van der Waals surface area contributed by atoms with Gasteiger partial charge in [0.05, 0.1) is 0 Å². The van der Waals surface area contributed by atoms with E-state index in [1.807, 2.05) is 33.0 Å². The Morgan fingerprint density at radius 3 is 2.06 bits per heavy atom. The first-order chi connectivity index (χ1) is 7.10. The van der Waals surface area contributed by atoms with Crippen LogP contribution in [-0.2, 0) is 9.59 Å². The van der Waals surface area contributed by atoms with Crippen molar-refractivity contribution < 1.29 is 14.7 Å². The lowest BCUT2D eigenvalue weighted by Gasteiger charge is -2.49. The van der Waals surface area contributed by atoms with Crippen LogP contribution in [0.1, 0.15) is 40.5 Å². The molecule has 0 bridgehead atoms. The highest BCUT2D eigenvalue weighted by molar-refractivity contribution is 5.92. The zero-order chi connectivity index (χ0) is 12.6. The second-order valence-electron chi connectivity index (χ2n) is 5.87. The van der Waals surface area contributed by atoms with Crippen LogP contribution in [0.3, 0.4) is 0 Å². The lowest BCUT2D eigenvalue weighted by Crippen LogP contribution is -2.67. The molecule has 1 fully saturated rings. The quantitative estimate of drug-likeness (QED) is 0.578. The molecule has 1 aliphatic heterocycles. The largest absolute Gasteiger partial charge is 0.380 e. The summed E-state index contributed by atoms with van der Waals surface area (Å²) in [6.07, 6.45) is 0.870. The summed E-state index contributed by atoms with van der Waals surface area (Å²) >= 11 is 0. The minimum atomic E-state index is -1.49. The summed E-state index contributed by atoms with van der Waals surface area (Å²) in [6.45, 7) is 7.69. The van der Waals surface area contributed by atoms with Crippen LogP contribution >= 0.6 is 0 Å². The Balaban J connectivity index is 2.95. The highest BCUT2D eigenvalue weighted by Gasteiger charge is 2.50. The molecule has 0 saturated carbocycles. The Morgan fingerprint density at radius 1 is 1.25 bits per heavy atom. The zero-order valence-corrected chi connectivity index (χ0v) is 10.3. The topological polar surface area (TPSA) is 78.4 Å². The molecule has 5 heteroatoms. The number of hydrogen-bond donors (Lipinski definition) is 3. The van der Waals surface area contributed by atoms with E-state index in [9.17, 15) is 14.7 Å². The standard InChI is InChI=1S/C11H20N2O3/c1-9(2)5-11(16,8(15)12-7-14)6-10(3,4)13-9/h7,13,16H,5-6H2,1-4H3,(H,12,14,15). The van der Waals surface area contributed by atoms with Gasteiger partial charge in [0.15, 0.2) is 0 Å². The van der Waals surface area contributed by atoms with Crippen LogP contribution in [0.25, 0.3) is 0 Å². The van der Waals surface area contributed by atoms with Gasteiger partial charge in [-0.05, 0) is 27.7 Å². The van der Waals surface area contributed by atoms with E-state index in [0.29, 0.717) is 6.41 Å². The molecule has 0 aromatic carbocycles. The molecule has 0 aliphatic carbocycles. The van der Waals surface area contributed by atoms with E-state index < -0.39 is 11.5 Å². The van der Waals surface area contributed by atoms with Crippen LogP contribution in [0.2, 0.25) is 0 Å². The van der Waals surface area contributed by atoms with Crippen molar-refractivity contribution in [3.05, 3.63) is 0 Å². The average molecular weight is 228 g/mol. The maximum Gasteiger partial charge on any atom is 0.258 e. The number of amides is 2. The summed E-state index contributed by atoms with van der Waals surface area (Å²) in [5.41, 5.74) is -2.19. The fraction of sp³-hybridized carbons (Fsp3) is 0.818. The molecule has 0 aromatic heterocycles. The van der Waals surface area contributed by atoms with Crippen LogP contribution < -0.4 is 10.6 Å². The molecule has 0 spiro atoms. The Morgan fingerprint density at radius 2 is 1.69 bits per heavy atom. The number of aliphatic hydroxyl groups is 1. The van der Waals surface area contributed by atoms with Gasteiger partial charge < -0.3 is 10.4 Å². The Hall–Kier alpha value is -0.940. The van der Waals surface area contributed by atoms with Crippen LogP contribution in [-0.4, -0.2) is 34.1 Å². The number of rotatable bonds is 2. The number of carbonyl (C=O) groups excluding carboxylic acids is 2. The van der Waals surface area contributed by atoms with E-state index in [1.54, 1.807) is 0 Å². The molecule has 2 amide bonds. The van der Waals surface area contributed by atoms with Gasteiger partial charge in [-0.25, -0.2) is 0 Å². The lowest BCUT2D eigenvalue weighted by atomic mass is 9.72. The third kappa shape index (κ3) is 2.80. The van der Waals surface area contributed by atoms with Gasteiger partial charge in [-0.1, -0.05) is 0 Å². The van der Waals surface area contributed by atoms with Gasteiger partial charge in [0.2, 0.25) is 6.41 Å². The van der Waals surface area contributed by atoms with Gasteiger partial charge in [-0.2, -0.15) is 0 Å². The van der Waals surface area contributed by atoms with E-state index in [0.717, 1.165) is 0 Å². The minimum absolute atomic E-state index is 0.281. The van der Waals surface area contributed by atoms with Crippen molar-refractivity contribution in [1.82, 2.24) is 10.6 Å². The summed E-state index contributed by atoms with van der Waals surface area (Å²) < 4.78 is 0. The second kappa shape index (κ2) is 3.82. The summed E-state index contributed by atoms with van der Waals surface area (Å²) in [7, 11) is 0. The van der Waals surface area contributed by atoms with Crippen molar-refractivity contribution in [3.8, 4) is 0 Å². The number of hydrogen-bond acceptors (Lipinski definition) is 4. The van der Waals surface area contributed by atoms with Crippen LogP contribution in [0, 0.1) is 0 Å². The van der Waals surface area contributed by atoms with Crippen LogP contribution in [0.5, 0.6) is 0 Å².